The summed E-state index contributed by atoms with van der Waals surface area (Å²) in [5.74, 6) is 1.77. The molecule has 0 spiro atoms. The second kappa shape index (κ2) is 11.5. The number of imidazole rings is 1. The van der Waals surface area contributed by atoms with E-state index in [9.17, 15) is 0 Å². The van der Waals surface area contributed by atoms with Gasteiger partial charge in [0.25, 0.3) is 5.82 Å². The van der Waals surface area contributed by atoms with Crippen LogP contribution >= 0.6 is 0 Å². The maximum absolute atomic E-state index is 7.09. The van der Waals surface area contributed by atoms with Gasteiger partial charge in [-0.05, 0) is 107 Å². The minimum Gasteiger partial charge on any atom is -0.455 e. The summed E-state index contributed by atoms with van der Waals surface area (Å²) in [6.45, 7) is 21.2. The molecule has 8 rings (SSSR count). The molecule has 2 heterocycles. The smallest absolute Gasteiger partial charge is 0.299 e. The topological polar surface area (TPSA) is 21.9 Å². The van der Waals surface area contributed by atoms with E-state index >= 15 is 0 Å². The van der Waals surface area contributed by atoms with Crippen molar-refractivity contribution in [3.63, 3.8) is 0 Å². The number of fused-ring (bicyclic) bond motifs is 5. The van der Waals surface area contributed by atoms with Crippen molar-refractivity contribution in [3.8, 4) is 28.2 Å². The zero-order chi connectivity index (χ0) is 35.3. The lowest BCUT2D eigenvalue weighted by Crippen LogP contribution is -2.33. The average molecular weight is 660 g/mol. The number of hydrogen-bond acceptors (Lipinski definition) is 1. The van der Waals surface area contributed by atoms with Gasteiger partial charge in [-0.15, -0.1) is 0 Å². The highest BCUT2D eigenvalue weighted by Crippen LogP contribution is 2.49. The Morgan fingerprint density at radius 2 is 1.28 bits per heavy atom. The lowest BCUT2D eigenvalue weighted by atomic mass is 9.63. The van der Waals surface area contributed by atoms with Gasteiger partial charge in [0.2, 0.25) is 0 Å². The molecule has 3 heteroatoms. The molecule has 1 aliphatic carbocycles. The van der Waals surface area contributed by atoms with E-state index in [0.29, 0.717) is 11.8 Å². The van der Waals surface area contributed by atoms with E-state index in [2.05, 4.69) is 169 Å². The Bertz CT molecular complexity index is 2420. The molecule has 0 bridgehead atoms. The number of benzene rings is 5. The second-order valence-corrected chi connectivity index (χ2v) is 16.8. The van der Waals surface area contributed by atoms with Crippen molar-refractivity contribution >= 4 is 33.0 Å². The van der Waals surface area contributed by atoms with Crippen LogP contribution in [0.1, 0.15) is 108 Å². The number of hydrogen-bond donors (Lipinski definition) is 0. The Kier molecular flexibility index (Phi) is 7.46. The van der Waals surface area contributed by atoms with Gasteiger partial charge in [-0.1, -0.05) is 110 Å². The summed E-state index contributed by atoms with van der Waals surface area (Å²) in [6.07, 6.45) is 2.37. The number of para-hydroxylation sites is 2. The zero-order valence-corrected chi connectivity index (χ0v) is 31.5. The summed E-state index contributed by atoms with van der Waals surface area (Å²) in [5, 5.41) is 2.40. The number of nitrogens with zero attached hydrogens (tertiary/aromatic N) is 2. The monoisotopic (exact) mass is 659 g/mol. The van der Waals surface area contributed by atoms with Gasteiger partial charge in [0.1, 0.15) is 16.8 Å². The van der Waals surface area contributed by atoms with Crippen LogP contribution in [0, 0.1) is 6.92 Å². The highest BCUT2D eigenvalue weighted by Gasteiger charge is 2.39. The fraction of sp³-hybridized carbons (Fsp3) is 0.340. The molecular weight excluding hydrogens is 609 g/mol. The first-order chi connectivity index (χ1) is 23.8. The number of furan rings is 1. The quantitative estimate of drug-likeness (QED) is 0.169. The van der Waals surface area contributed by atoms with Crippen molar-refractivity contribution in [3.05, 3.63) is 119 Å². The molecule has 7 aromatic rings. The van der Waals surface area contributed by atoms with E-state index < -0.39 is 0 Å². The molecule has 3 nitrogen and oxygen atoms in total. The molecule has 0 saturated heterocycles. The average Bonchev–Trinajstić information content (AvgIpc) is 3.60. The van der Waals surface area contributed by atoms with E-state index in [4.69, 9.17) is 4.42 Å². The van der Waals surface area contributed by atoms with Crippen LogP contribution in [0.3, 0.4) is 0 Å². The zero-order valence-electron chi connectivity index (χ0n) is 31.5. The summed E-state index contributed by atoms with van der Waals surface area (Å²) < 4.78 is 12.0. The molecule has 254 valence electrons. The highest BCUT2D eigenvalue weighted by molar-refractivity contribution is 6.10. The largest absolute Gasteiger partial charge is 0.455 e. The van der Waals surface area contributed by atoms with Gasteiger partial charge in [0, 0.05) is 21.9 Å². The van der Waals surface area contributed by atoms with E-state index in [1.807, 2.05) is 0 Å². The molecule has 1 aliphatic rings. The van der Waals surface area contributed by atoms with Crippen LogP contribution in [0.5, 0.6) is 0 Å². The molecule has 0 N–H and O–H groups in total. The first-order valence-corrected chi connectivity index (χ1v) is 18.5. The normalized spacial score (nSPS) is 15.5. The van der Waals surface area contributed by atoms with E-state index in [0.717, 1.165) is 22.6 Å². The van der Waals surface area contributed by atoms with Crippen LogP contribution in [0.25, 0.3) is 61.2 Å². The molecule has 0 saturated carbocycles. The van der Waals surface area contributed by atoms with Crippen molar-refractivity contribution in [1.29, 1.82) is 0 Å². The number of aromatic nitrogens is 2. The Balaban J connectivity index is 1.49. The van der Waals surface area contributed by atoms with Crippen molar-refractivity contribution in [1.82, 2.24) is 4.57 Å². The molecule has 0 radical (unpaired) electrons. The molecule has 2 aromatic heterocycles. The maximum Gasteiger partial charge on any atom is 0.299 e. The van der Waals surface area contributed by atoms with Crippen molar-refractivity contribution in [2.75, 3.05) is 0 Å². The number of rotatable bonds is 5. The summed E-state index contributed by atoms with van der Waals surface area (Å²) in [5.41, 5.74) is 16.4. The van der Waals surface area contributed by atoms with Crippen LogP contribution in [0.15, 0.2) is 95.4 Å². The van der Waals surface area contributed by atoms with E-state index in [1.165, 1.54) is 79.3 Å². The lowest BCUT2D eigenvalue weighted by Gasteiger charge is -2.41. The molecule has 5 aromatic carbocycles. The van der Waals surface area contributed by atoms with Gasteiger partial charge in [-0.25, -0.2) is 4.57 Å². The van der Waals surface area contributed by atoms with Crippen LogP contribution in [0.2, 0.25) is 0 Å². The van der Waals surface area contributed by atoms with Crippen LogP contribution < -0.4 is 4.57 Å². The fourth-order valence-corrected chi connectivity index (χ4v) is 8.71. The minimum atomic E-state index is 0.113. The molecule has 50 heavy (non-hydrogen) atoms. The Morgan fingerprint density at radius 3 is 1.92 bits per heavy atom. The van der Waals surface area contributed by atoms with Gasteiger partial charge in [0.05, 0.1) is 7.05 Å². The molecular formula is C47H51N2O+. The Hall–Kier alpha value is -4.63. The SMILES string of the molecule is Cc1ccc2c(oc3cc4c(cc32)C(C)(C)CCC4(C)C)c1-c1n(-c2c(C(C)C)cc(-c3ccccc3)cc2C(C)C)c2ccccc2[n+]1C. The van der Waals surface area contributed by atoms with Gasteiger partial charge < -0.3 is 4.42 Å². The summed E-state index contributed by atoms with van der Waals surface area (Å²) >= 11 is 0. The third-order valence-electron chi connectivity index (χ3n) is 11.8. The van der Waals surface area contributed by atoms with E-state index in [-0.39, 0.29) is 10.8 Å². The third-order valence-corrected chi connectivity index (χ3v) is 11.8. The van der Waals surface area contributed by atoms with Crippen molar-refractivity contribution in [2.24, 2.45) is 7.05 Å². The van der Waals surface area contributed by atoms with Crippen LogP contribution in [0.4, 0.5) is 0 Å². The second-order valence-electron chi connectivity index (χ2n) is 16.8. The molecule has 0 fully saturated rings. The van der Waals surface area contributed by atoms with Gasteiger partial charge in [-0.3, -0.25) is 0 Å². The minimum absolute atomic E-state index is 0.113. The third kappa shape index (κ3) is 4.88. The molecule has 0 aliphatic heterocycles. The Morgan fingerprint density at radius 1 is 0.680 bits per heavy atom. The maximum atomic E-state index is 7.09. The predicted molar refractivity (Wildman–Crippen MR) is 211 cm³/mol. The first kappa shape index (κ1) is 32.6. The summed E-state index contributed by atoms with van der Waals surface area (Å²) in [6, 6.07) is 34.0. The Labute approximate surface area is 297 Å². The van der Waals surface area contributed by atoms with Gasteiger partial charge in [-0.2, -0.15) is 4.57 Å². The summed E-state index contributed by atoms with van der Waals surface area (Å²) in [7, 11) is 2.22. The fourth-order valence-electron chi connectivity index (χ4n) is 8.71. The van der Waals surface area contributed by atoms with Crippen LogP contribution in [-0.4, -0.2) is 4.57 Å². The van der Waals surface area contributed by atoms with Crippen molar-refractivity contribution < 1.29 is 8.98 Å². The predicted octanol–water partition coefficient (Wildman–Crippen LogP) is 12.6. The van der Waals surface area contributed by atoms with Crippen molar-refractivity contribution in [2.45, 2.75) is 97.8 Å². The van der Waals surface area contributed by atoms with Gasteiger partial charge in [0.15, 0.2) is 16.6 Å². The standard InChI is InChI=1S/C47H51N2O/c1-28(2)34-24-32(31-16-12-11-13-17-31)25-35(29(3)4)43(34)49-40-19-15-14-18-39(40)48(10)45(49)42-30(5)20-21-33-36-26-37-38(27-41(36)50-44(33)42)47(8,9)23-22-46(37,6)7/h11-21,24-29H,22-23H2,1-10H3/q+1. The first-order valence-electron chi connectivity index (χ1n) is 18.5. The molecule has 0 amide bonds. The van der Waals surface area contributed by atoms with E-state index in [1.54, 1.807) is 0 Å². The molecule has 0 atom stereocenters. The highest BCUT2D eigenvalue weighted by atomic mass is 16.3. The van der Waals surface area contributed by atoms with Crippen LogP contribution in [-0.2, 0) is 17.9 Å². The number of aryl methyl sites for hydroxylation is 2. The molecule has 0 unspecified atom stereocenters. The van der Waals surface area contributed by atoms with Gasteiger partial charge >= 0.3 is 0 Å². The lowest BCUT2D eigenvalue weighted by molar-refractivity contribution is -0.633. The summed E-state index contributed by atoms with van der Waals surface area (Å²) in [4.78, 5) is 0.